The van der Waals surface area contributed by atoms with E-state index < -0.39 is 6.04 Å². The third kappa shape index (κ3) is 6.35. The maximum Gasteiger partial charge on any atom is 0.236 e. The number of nitrogens with zero attached hydrogens (tertiary/aromatic N) is 3. The second kappa shape index (κ2) is 12.2. The van der Waals surface area contributed by atoms with E-state index in [1.807, 2.05) is 36.5 Å². The van der Waals surface area contributed by atoms with Crippen LogP contribution in [-0.4, -0.2) is 47.3 Å². The maximum atomic E-state index is 12.9. The molecule has 0 spiro atoms. The van der Waals surface area contributed by atoms with E-state index in [4.69, 9.17) is 20.7 Å². The number of carbonyl (C=O) groups excluding carboxylic acids is 1. The molecule has 4 aromatic rings. The van der Waals surface area contributed by atoms with Crippen molar-refractivity contribution >= 4 is 16.8 Å². The van der Waals surface area contributed by atoms with Crippen LogP contribution in [0.3, 0.4) is 0 Å². The van der Waals surface area contributed by atoms with Crippen molar-refractivity contribution in [3.05, 3.63) is 102 Å². The molecular weight excluding hydrogens is 488 g/mol. The van der Waals surface area contributed by atoms with E-state index in [9.17, 15) is 4.79 Å². The van der Waals surface area contributed by atoms with E-state index >= 15 is 0 Å². The zero-order valence-corrected chi connectivity index (χ0v) is 22.5. The number of nitrogens with two attached hydrogens (primary N) is 1. The van der Waals surface area contributed by atoms with Crippen LogP contribution in [0.5, 0.6) is 5.75 Å². The zero-order valence-electron chi connectivity index (χ0n) is 22.5. The van der Waals surface area contributed by atoms with E-state index in [1.54, 1.807) is 14.0 Å². The predicted octanol–water partition coefficient (Wildman–Crippen LogP) is 4.80. The van der Waals surface area contributed by atoms with Crippen LogP contribution in [0.4, 0.5) is 0 Å². The summed E-state index contributed by atoms with van der Waals surface area (Å²) in [6.07, 6.45) is 3.86. The molecule has 0 radical (unpaired) electrons. The number of benzene rings is 3. The standard InChI is InChI=1S/C31H36N6O2/c1-21(32)31(38)34-28(18-24-19-33-27-11-7-6-10-26(24)27)30-36-35-29(17-14-22-8-4-3-5-9-22)37(30)20-23-12-15-25(39-2)16-13-23/h3-13,15-16,19,21,28-30,33H,14,17-18,20,32H2,1-2H3,(H,34,38)/t21-,28+,29?,30?/m0/s1. The first-order valence-corrected chi connectivity index (χ1v) is 13.5. The van der Waals surface area contributed by atoms with E-state index in [2.05, 4.69) is 63.7 Å². The highest BCUT2D eigenvalue weighted by Crippen LogP contribution is 2.29. The molecule has 0 saturated heterocycles. The molecule has 0 saturated carbocycles. The number of nitrogens with one attached hydrogen (secondary N) is 2. The zero-order chi connectivity index (χ0) is 27.2. The van der Waals surface area contributed by atoms with E-state index in [0.717, 1.165) is 40.6 Å². The van der Waals surface area contributed by atoms with Gasteiger partial charge in [-0.3, -0.25) is 9.69 Å². The number of carbonyl (C=O) groups is 1. The molecule has 4 N–H and O–H groups in total. The summed E-state index contributed by atoms with van der Waals surface area (Å²) in [7, 11) is 1.67. The number of hydrogen-bond acceptors (Lipinski definition) is 6. The number of ether oxygens (including phenoxy) is 1. The van der Waals surface area contributed by atoms with E-state index in [1.165, 1.54) is 5.56 Å². The second-order valence-corrected chi connectivity index (χ2v) is 10.1. The Labute approximate surface area is 229 Å². The van der Waals surface area contributed by atoms with Gasteiger partial charge in [-0.25, -0.2) is 0 Å². The smallest absolute Gasteiger partial charge is 0.236 e. The van der Waals surface area contributed by atoms with Crippen LogP contribution in [-0.2, 0) is 24.2 Å². The monoisotopic (exact) mass is 524 g/mol. The van der Waals surface area contributed by atoms with Crippen molar-refractivity contribution in [1.29, 1.82) is 0 Å². The van der Waals surface area contributed by atoms with Gasteiger partial charge in [0.05, 0.1) is 19.2 Å². The highest BCUT2D eigenvalue weighted by Gasteiger charge is 2.38. The number of rotatable bonds is 11. The fourth-order valence-electron chi connectivity index (χ4n) is 5.15. The fourth-order valence-corrected chi connectivity index (χ4v) is 5.15. The number of aryl methyl sites for hydroxylation is 1. The number of H-pyrrole nitrogens is 1. The first-order chi connectivity index (χ1) is 19.0. The van der Waals surface area contributed by atoms with Gasteiger partial charge in [0.2, 0.25) is 5.91 Å². The average molecular weight is 525 g/mol. The van der Waals surface area contributed by atoms with Crippen molar-refractivity contribution < 1.29 is 9.53 Å². The van der Waals surface area contributed by atoms with Crippen molar-refractivity contribution in [3.8, 4) is 5.75 Å². The fraction of sp³-hybridized carbons (Fsp3) is 0.323. The Hall–Kier alpha value is -4.01. The molecular formula is C31H36N6O2. The summed E-state index contributed by atoms with van der Waals surface area (Å²) in [5.74, 6) is 0.611. The van der Waals surface area contributed by atoms with Gasteiger partial charge in [0.15, 0.2) is 0 Å². The minimum absolute atomic E-state index is 0.116. The molecule has 5 rings (SSSR count). The van der Waals surface area contributed by atoms with Gasteiger partial charge in [-0.15, -0.1) is 0 Å². The molecule has 2 heterocycles. The third-order valence-electron chi connectivity index (χ3n) is 7.31. The lowest BCUT2D eigenvalue weighted by molar-refractivity contribution is -0.123. The van der Waals surface area contributed by atoms with Crippen molar-refractivity contribution in [1.82, 2.24) is 15.2 Å². The summed E-state index contributed by atoms with van der Waals surface area (Å²) < 4.78 is 5.35. The molecule has 202 valence electrons. The van der Waals surface area contributed by atoms with Crippen molar-refractivity contribution in [3.63, 3.8) is 0 Å². The van der Waals surface area contributed by atoms with Crippen LogP contribution in [0, 0.1) is 0 Å². The predicted molar refractivity (Wildman–Crippen MR) is 153 cm³/mol. The molecule has 1 aliphatic heterocycles. The highest BCUT2D eigenvalue weighted by atomic mass is 16.5. The molecule has 2 unspecified atom stereocenters. The Balaban J connectivity index is 1.43. The molecule has 1 amide bonds. The van der Waals surface area contributed by atoms with Crippen LogP contribution in [0.15, 0.2) is 95.3 Å². The number of amides is 1. The van der Waals surface area contributed by atoms with Gasteiger partial charge in [-0.05, 0) is 61.1 Å². The molecule has 0 fully saturated rings. The SMILES string of the molecule is COc1ccc(CN2C(CCc3ccccc3)N=NC2[C@@H](Cc2c[nH]c3ccccc23)NC(=O)[C@H](C)N)cc1. The molecule has 4 atom stereocenters. The average Bonchev–Trinajstić information content (AvgIpc) is 3.56. The van der Waals surface area contributed by atoms with Gasteiger partial charge >= 0.3 is 0 Å². The lowest BCUT2D eigenvalue weighted by Gasteiger charge is -2.33. The van der Waals surface area contributed by atoms with Gasteiger partial charge < -0.3 is 20.8 Å². The molecule has 1 aliphatic rings. The lowest BCUT2D eigenvalue weighted by Crippen LogP contribution is -2.54. The Bertz CT molecular complexity index is 1400. The van der Waals surface area contributed by atoms with Gasteiger partial charge in [-0.2, -0.15) is 10.2 Å². The number of azo groups is 1. The topological polar surface area (TPSA) is 108 Å². The van der Waals surface area contributed by atoms with E-state index in [0.29, 0.717) is 13.0 Å². The second-order valence-electron chi connectivity index (χ2n) is 10.1. The normalized spacial score (nSPS) is 18.7. The van der Waals surface area contributed by atoms with Crippen LogP contribution >= 0.6 is 0 Å². The first-order valence-electron chi connectivity index (χ1n) is 13.5. The van der Waals surface area contributed by atoms with E-state index in [-0.39, 0.29) is 24.3 Å². The number of methoxy groups -OCH3 is 1. The summed E-state index contributed by atoms with van der Waals surface area (Å²) in [4.78, 5) is 18.5. The Morgan fingerprint density at radius 3 is 2.51 bits per heavy atom. The summed E-state index contributed by atoms with van der Waals surface area (Å²) in [5.41, 5.74) is 10.5. The Morgan fingerprint density at radius 1 is 1.03 bits per heavy atom. The van der Waals surface area contributed by atoms with Crippen molar-refractivity contribution in [2.45, 2.75) is 57.1 Å². The van der Waals surface area contributed by atoms with Crippen LogP contribution in [0.1, 0.15) is 30.0 Å². The minimum Gasteiger partial charge on any atom is -0.497 e. The molecule has 39 heavy (non-hydrogen) atoms. The number of para-hydroxylation sites is 1. The number of hydrogen-bond donors (Lipinski definition) is 3. The number of aromatic nitrogens is 1. The number of fused-ring (bicyclic) bond motifs is 1. The largest absolute Gasteiger partial charge is 0.497 e. The third-order valence-corrected chi connectivity index (χ3v) is 7.31. The minimum atomic E-state index is -0.627. The molecule has 0 aliphatic carbocycles. The van der Waals surface area contributed by atoms with Crippen molar-refractivity contribution in [2.24, 2.45) is 16.0 Å². The lowest BCUT2D eigenvalue weighted by atomic mass is 10.0. The number of aromatic amines is 1. The molecule has 1 aromatic heterocycles. The summed E-state index contributed by atoms with van der Waals surface area (Å²) in [5, 5.41) is 13.8. The van der Waals surface area contributed by atoms with Crippen LogP contribution in [0.25, 0.3) is 10.9 Å². The van der Waals surface area contributed by atoms with Gasteiger partial charge in [0.1, 0.15) is 18.1 Å². The summed E-state index contributed by atoms with van der Waals surface area (Å²) in [6.45, 7) is 2.34. The Morgan fingerprint density at radius 2 is 1.77 bits per heavy atom. The molecule has 3 aromatic carbocycles. The molecule has 8 nitrogen and oxygen atoms in total. The van der Waals surface area contributed by atoms with Crippen molar-refractivity contribution in [2.75, 3.05) is 7.11 Å². The summed E-state index contributed by atoms with van der Waals surface area (Å²) in [6, 6.07) is 25.7. The Kier molecular flexibility index (Phi) is 8.34. The molecule has 0 bridgehead atoms. The quantitative estimate of drug-likeness (QED) is 0.262. The van der Waals surface area contributed by atoms with Gasteiger partial charge in [0.25, 0.3) is 0 Å². The van der Waals surface area contributed by atoms with Gasteiger partial charge in [0, 0.05) is 23.6 Å². The van der Waals surface area contributed by atoms with Crippen LogP contribution in [0.2, 0.25) is 0 Å². The maximum absolute atomic E-state index is 12.9. The molecule has 8 heteroatoms. The highest BCUT2D eigenvalue weighted by molar-refractivity contribution is 5.84. The van der Waals surface area contributed by atoms with Crippen LogP contribution < -0.4 is 15.8 Å². The first kappa shape index (κ1) is 26.6. The summed E-state index contributed by atoms with van der Waals surface area (Å²) >= 11 is 0. The van der Waals surface area contributed by atoms with Gasteiger partial charge in [-0.1, -0.05) is 60.7 Å².